The Morgan fingerprint density at radius 1 is 1.16 bits per heavy atom. The van der Waals surface area contributed by atoms with Gasteiger partial charge in [0, 0.05) is 16.8 Å². The lowest BCUT2D eigenvalue weighted by Gasteiger charge is -2.33. The molecule has 2 aliphatic heterocycles. The number of amidine groups is 1. The summed E-state index contributed by atoms with van der Waals surface area (Å²) in [5, 5.41) is 3.95. The zero-order chi connectivity index (χ0) is 22.8. The molecule has 1 atom stereocenters. The Bertz CT molecular complexity index is 1140. The maximum Gasteiger partial charge on any atom is 0.338 e. The third-order valence-corrected chi connectivity index (χ3v) is 6.68. The first-order valence-corrected chi connectivity index (χ1v) is 11.9. The van der Waals surface area contributed by atoms with E-state index >= 15 is 0 Å². The number of hydrogen-bond acceptors (Lipinski definition) is 6. The van der Waals surface area contributed by atoms with E-state index in [1.54, 1.807) is 32.0 Å². The van der Waals surface area contributed by atoms with E-state index in [-0.39, 0.29) is 13.2 Å². The second kappa shape index (κ2) is 9.79. The highest BCUT2D eigenvalue weighted by molar-refractivity contribution is 8.16. The van der Waals surface area contributed by atoms with E-state index in [4.69, 9.17) is 44.3 Å². The molecule has 0 unspecified atom stereocenters. The van der Waals surface area contributed by atoms with Crippen LogP contribution in [0, 0.1) is 0 Å². The summed E-state index contributed by atoms with van der Waals surface area (Å²) in [7, 11) is 0. The average Bonchev–Trinajstić information content (AvgIpc) is 3.21. The maximum absolute atomic E-state index is 12.8. The number of esters is 1. The first-order valence-electron chi connectivity index (χ1n) is 9.84. The number of nitrogens with zero attached hydrogens (tertiary/aromatic N) is 2. The van der Waals surface area contributed by atoms with Gasteiger partial charge < -0.3 is 14.4 Å². The number of carbonyl (C=O) groups is 1. The summed E-state index contributed by atoms with van der Waals surface area (Å²) in [6.45, 7) is 4.05. The molecule has 0 aliphatic carbocycles. The summed E-state index contributed by atoms with van der Waals surface area (Å²) in [6, 6.07) is 10.4. The number of rotatable bonds is 6. The van der Waals surface area contributed by atoms with E-state index in [9.17, 15) is 4.79 Å². The van der Waals surface area contributed by atoms with Crippen molar-refractivity contribution in [3.05, 3.63) is 85.5 Å². The quantitative estimate of drug-likeness (QED) is 0.393. The van der Waals surface area contributed by atoms with Crippen LogP contribution in [0.5, 0.6) is 5.75 Å². The van der Waals surface area contributed by atoms with Gasteiger partial charge in [-0.05, 0) is 43.0 Å². The molecule has 166 valence electrons. The zero-order valence-corrected chi connectivity index (χ0v) is 20.4. The zero-order valence-electron chi connectivity index (χ0n) is 17.3. The fourth-order valence-electron chi connectivity index (χ4n) is 3.54. The van der Waals surface area contributed by atoms with Crippen molar-refractivity contribution in [3.8, 4) is 5.75 Å². The van der Waals surface area contributed by atoms with E-state index in [1.165, 1.54) is 11.8 Å². The third-order valence-electron chi connectivity index (χ3n) is 4.98. The molecule has 0 saturated carbocycles. The molecule has 4 rings (SSSR count). The molecular weight excluding hydrogens is 491 g/mol. The molecule has 2 aromatic carbocycles. The molecule has 2 aliphatic rings. The van der Waals surface area contributed by atoms with Gasteiger partial charge in [0.25, 0.3) is 0 Å². The molecule has 0 aromatic heterocycles. The standard InChI is InChI=1S/C23H19Cl3N2O3S/c1-3-30-22(29)19-13(2)27-23-28(8-9-32-23)20(19)15-10-17(25)21(18(26)11-15)31-12-14-6-4-5-7-16(14)24/h4-11,20H,3,12H2,1-2H3/t20-/m0/s1. The normalized spacial score (nSPS) is 17.3. The van der Waals surface area contributed by atoms with Crippen molar-refractivity contribution in [2.75, 3.05) is 6.61 Å². The summed E-state index contributed by atoms with van der Waals surface area (Å²) >= 11 is 20.9. The monoisotopic (exact) mass is 508 g/mol. The van der Waals surface area contributed by atoms with Gasteiger partial charge >= 0.3 is 5.97 Å². The van der Waals surface area contributed by atoms with Crippen LogP contribution in [0.25, 0.3) is 0 Å². The maximum atomic E-state index is 12.8. The molecule has 0 saturated heterocycles. The van der Waals surface area contributed by atoms with E-state index in [0.717, 1.165) is 16.3 Å². The molecule has 2 aromatic rings. The number of aliphatic imine (C=N–C) groups is 1. The van der Waals surface area contributed by atoms with Crippen LogP contribution in [0.15, 0.2) is 64.3 Å². The molecular formula is C23H19Cl3N2O3S. The Balaban J connectivity index is 1.69. The molecule has 0 spiro atoms. The van der Waals surface area contributed by atoms with Gasteiger partial charge in [0.15, 0.2) is 10.9 Å². The van der Waals surface area contributed by atoms with Crippen LogP contribution in [0.3, 0.4) is 0 Å². The highest BCUT2D eigenvalue weighted by Gasteiger charge is 2.38. The number of halogens is 3. The number of ether oxygens (including phenoxy) is 2. The Kier molecular flexibility index (Phi) is 7.05. The molecule has 0 amide bonds. The first kappa shape index (κ1) is 23.1. The largest absolute Gasteiger partial charge is 0.486 e. The number of thioether (sulfide) groups is 1. The van der Waals surface area contributed by atoms with E-state index in [1.807, 2.05) is 34.7 Å². The lowest BCUT2D eigenvalue weighted by Crippen LogP contribution is -2.34. The van der Waals surface area contributed by atoms with Gasteiger partial charge in [-0.25, -0.2) is 9.79 Å². The van der Waals surface area contributed by atoms with Gasteiger partial charge in [-0.1, -0.05) is 64.8 Å². The number of carbonyl (C=O) groups excluding carboxylic acids is 1. The Morgan fingerprint density at radius 2 is 1.88 bits per heavy atom. The van der Waals surface area contributed by atoms with E-state index < -0.39 is 12.0 Å². The lowest BCUT2D eigenvalue weighted by atomic mass is 9.94. The number of allylic oxidation sites excluding steroid dienone is 1. The topological polar surface area (TPSA) is 51.1 Å². The predicted octanol–water partition coefficient (Wildman–Crippen LogP) is 6.99. The molecule has 5 nitrogen and oxygen atoms in total. The Hall–Kier alpha value is -2.12. The number of hydrogen-bond donors (Lipinski definition) is 0. The highest BCUT2D eigenvalue weighted by Crippen LogP contribution is 2.44. The number of benzene rings is 2. The number of fused-ring (bicyclic) bond motifs is 1. The fourth-order valence-corrected chi connectivity index (χ4v) is 5.13. The van der Waals surface area contributed by atoms with Crippen molar-refractivity contribution in [2.24, 2.45) is 4.99 Å². The minimum absolute atomic E-state index is 0.220. The van der Waals surface area contributed by atoms with Crippen LogP contribution >= 0.6 is 46.6 Å². The molecule has 32 heavy (non-hydrogen) atoms. The van der Waals surface area contributed by atoms with Crippen molar-refractivity contribution in [1.29, 1.82) is 0 Å². The lowest BCUT2D eigenvalue weighted by molar-refractivity contribution is -0.139. The van der Waals surface area contributed by atoms with Gasteiger partial charge in [-0.2, -0.15) is 0 Å². The smallest absolute Gasteiger partial charge is 0.338 e. The van der Waals surface area contributed by atoms with Gasteiger partial charge in [0.2, 0.25) is 0 Å². The average molecular weight is 510 g/mol. The van der Waals surface area contributed by atoms with Gasteiger partial charge in [-0.15, -0.1) is 0 Å². The second-order valence-corrected chi connectivity index (χ2v) is 9.12. The van der Waals surface area contributed by atoms with Crippen LogP contribution in [0.2, 0.25) is 15.1 Å². The van der Waals surface area contributed by atoms with E-state index in [2.05, 4.69) is 4.99 Å². The van der Waals surface area contributed by atoms with Crippen molar-refractivity contribution in [1.82, 2.24) is 4.90 Å². The van der Waals surface area contributed by atoms with E-state index in [0.29, 0.717) is 32.1 Å². The van der Waals surface area contributed by atoms with Crippen LogP contribution in [0.4, 0.5) is 0 Å². The molecule has 0 bridgehead atoms. The van der Waals surface area contributed by atoms with Gasteiger partial charge in [0.1, 0.15) is 6.61 Å². The van der Waals surface area contributed by atoms with Crippen molar-refractivity contribution in [3.63, 3.8) is 0 Å². The summed E-state index contributed by atoms with van der Waals surface area (Å²) in [5.41, 5.74) is 2.59. The highest BCUT2D eigenvalue weighted by atomic mass is 35.5. The molecule has 9 heteroatoms. The molecule has 0 fully saturated rings. The van der Waals surface area contributed by atoms with Crippen LogP contribution in [-0.2, 0) is 16.1 Å². The summed E-state index contributed by atoms with van der Waals surface area (Å²) in [5.74, 6) is -0.0687. The van der Waals surface area contributed by atoms with Gasteiger partial charge in [-0.3, -0.25) is 0 Å². The third kappa shape index (κ3) is 4.50. The minimum atomic E-state index is -0.472. The predicted molar refractivity (Wildman–Crippen MR) is 130 cm³/mol. The minimum Gasteiger partial charge on any atom is -0.486 e. The second-order valence-electron chi connectivity index (χ2n) is 7.02. The van der Waals surface area contributed by atoms with Gasteiger partial charge in [0.05, 0.1) is 34.0 Å². The van der Waals surface area contributed by atoms with Crippen molar-refractivity contribution < 1.29 is 14.3 Å². The fraction of sp³-hybridized carbons (Fsp3) is 0.217. The van der Waals surface area contributed by atoms with Crippen LogP contribution in [-0.4, -0.2) is 22.6 Å². The molecule has 2 heterocycles. The summed E-state index contributed by atoms with van der Waals surface area (Å²) < 4.78 is 11.2. The summed E-state index contributed by atoms with van der Waals surface area (Å²) in [4.78, 5) is 19.3. The van der Waals surface area contributed by atoms with Crippen molar-refractivity contribution >= 4 is 57.7 Å². The Morgan fingerprint density at radius 3 is 2.56 bits per heavy atom. The SMILES string of the molecule is CCOC(=O)C1=C(C)N=C2SC=CN2[C@H]1c1cc(Cl)c(OCc2ccccc2Cl)c(Cl)c1. The molecule has 0 radical (unpaired) electrons. The first-order chi connectivity index (χ1) is 15.4. The molecule has 0 N–H and O–H groups in total. The van der Waals surface area contributed by atoms with Crippen molar-refractivity contribution in [2.45, 2.75) is 26.5 Å². The van der Waals surface area contributed by atoms with Crippen LogP contribution < -0.4 is 4.74 Å². The Labute approximate surface area is 205 Å². The van der Waals surface area contributed by atoms with Crippen LogP contribution in [0.1, 0.15) is 31.0 Å². The summed E-state index contributed by atoms with van der Waals surface area (Å²) in [6.07, 6.45) is 1.88.